The Kier molecular flexibility index (Phi) is 9.38. The molecule has 2 nitrogen and oxygen atoms in total. The Morgan fingerprint density at radius 2 is 1.38 bits per heavy atom. The van der Waals surface area contributed by atoms with Gasteiger partial charge < -0.3 is 33.9 Å². The minimum absolute atomic E-state index is 0. The third-order valence-corrected chi connectivity index (χ3v) is 7.58. The second-order valence-electron chi connectivity index (χ2n) is 9.72. The summed E-state index contributed by atoms with van der Waals surface area (Å²) < 4.78 is 4.64. The fraction of sp³-hybridized carbons (Fsp3) is 0.118. The van der Waals surface area contributed by atoms with Crippen molar-refractivity contribution in [3.05, 3.63) is 133 Å². The minimum Gasteiger partial charge on any atom is -1.00 e. The molecule has 0 bridgehead atoms. The number of hydrogen-bond acceptors (Lipinski definition) is 0. The molecular weight excluding hydrogens is 686 g/mol. The van der Waals surface area contributed by atoms with Gasteiger partial charge in [-0.25, -0.2) is 0 Å². The second-order valence-corrected chi connectivity index (χ2v) is 9.72. The van der Waals surface area contributed by atoms with Crippen molar-refractivity contribution in [1.29, 1.82) is 0 Å². The zero-order valence-corrected chi connectivity index (χ0v) is 26.6. The van der Waals surface area contributed by atoms with E-state index in [0.29, 0.717) is 0 Å². The third kappa shape index (κ3) is 5.33. The molecule has 1 aliphatic rings. The molecule has 7 aromatic rings. The second kappa shape index (κ2) is 12.6. The average Bonchev–Trinajstić information content (AvgIpc) is 3.72. The van der Waals surface area contributed by atoms with E-state index in [2.05, 4.69) is 119 Å². The van der Waals surface area contributed by atoms with Crippen LogP contribution in [-0.2, 0) is 38.7 Å². The monoisotopic (exact) mass is 714 g/mol. The fourth-order valence-electron chi connectivity index (χ4n) is 5.91. The maximum atomic E-state index is 2.50. The van der Waals surface area contributed by atoms with E-state index >= 15 is 0 Å². The number of rotatable bonds is 2. The Labute approximate surface area is 260 Å². The number of para-hydroxylation sites is 1. The van der Waals surface area contributed by atoms with Gasteiger partial charge in [0.15, 0.2) is 0 Å². The SMILES string of the molecule is [Cl-].[Cl-].[Hf+4].c1ccc2[cH-]c(-n3c4c(c5ccccc53)CCCC4)cc2c1.c1ccc2c(c1)cc[c-]2-n1cccc1. The van der Waals surface area contributed by atoms with Crippen molar-refractivity contribution in [3.63, 3.8) is 0 Å². The molecule has 0 saturated carbocycles. The van der Waals surface area contributed by atoms with Crippen LogP contribution in [-0.4, -0.2) is 9.13 Å². The number of aromatic nitrogens is 2. The Bertz CT molecular complexity index is 1770. The molecule has 0 radical (unpaired) electrons. The summed E-state index contributed by atoms with van der Waals surface area (Å²) in [5.74, 6) is 0. The number of aryl methyl sites for hydroxylation is 1. The van der Waals surface area contributed by atoms with Crippen molar-refractivity contribution in [2.24, 2.45) is 0 Å². The van der Waals surface area contributed by atoms with E-state index in [0.717, 1.165) is 0 Å². The summed E-state index contributed by atoms with van der Waals surface area (Å²) in [6.45, 7) is 0. The van der Waals surface area contributed by atoms with Crippen LogP contribution in [0.3, 0.4) is 0 Å². The Balaban J connectivity index is 0.000000182. The van der Waals surface area contributed by atoms with Crippen LogP contribution >= 0.6 is 0 Å². The van der Waals surface area contributed by atoms with Gasteiger partial charge >= 0.3 is 25.8 Å². The Morgan fingerprint density at radius 1 is 0.692 bits per heavy atom. The first-order valence-electron chi connectivity index (χ1n) is 12.9. The molecule has 0 amide bonds. The number of halogens is 2. The topological polar surface area (TPSA) is 9.86 Å². The average molecular weight is 714 g/mol. The molecule has 5 heteroatoms. The van der Waals surface area contributed by atoms with Crippen LogP contribution in [0, 0.1) is 0 Å². The zero-order chi connectivity index (χ0) is 23.9. The molecule has 0 unspecified atom stereocenters. The van der Waals surface area contributed by atoms with Crippen LogP contribution in [0.2, 0.25) is 0 Å². The van der Waals surface area contributed by atoms with Crippen LogP contribution in [0.15, 0.2) is 122 Å². The van der Waals surface area contributed by atoms with E-state index in [1.165, 1.54) is 75.2 Å². The maximum Gasteiger partial charge on any atom is 4.00 e. The summed E-state index contributed by atoms with van der Waals surface area (Å²) in [4.78, 5) is 0. The van der Waals surface area contributed by atoms with Crippen molar-refractivity contribution in [2.45, 2.75) is 25.7 Å². The summed E-state index contributed by atoms with van der Waals surface area (Å²) in [5.41, 5.74) is 7.05. The van der Waals surface area contributed by atoms with Gasteiger partial charge in [0.25, 0.3) is 0 Å². The first-order chi connectivity index (χ1) is 17.9. The molecule has 1 aliphatic carbocycles. The normalized spacial score (nSPS) is 12.1. The molecule has 0 aliphatic heterocycles. The van der Waals surface area contributed by atoms with Crippen LogP contribution in [0.25, 0.3) is 43.8 Å². The largest absolute Gasteiger partial charge is 4.00 e. The zero-order valence-electron chi connectivity index (χ0n) is 21.5. The van der Waals surface area contributed by atoms with Gasteiger partial charge in [0.05, 0.1) is 5.52 Å². The van der Waals surface area contributed by atoms with Crippen molar-refractivity contribution < 1.29 is 50.7 Å². The quantitative estimate of drug-likeness (QED) is 0.193. The van der Waals surface area contributed by atoms with Crippen LogP contribution in [0.4, 0.5) is 0 Å². The van der Waals surface area contributed by atoms with Gasteiger partial charge in [-0.05, 0) is 61.1 Å². The van der Waals surface area contributed by atoms with Crippen molar-refractivity contribution in [3.8, 4) is 11.4 Å². The molecule has 0 spiro atoms. The summed E-state index contributed by atoms with van der Waals surface area (Å²) >= 11 is 0. The molecular formula is C34H28Cl2HfN2. The molecule has 0 fully saturated rings. The molecule has 0 atom stereocenters. The number of benzene rings is 3. The summed E-state index contributed by atoms with van der Waals surface area (Å²) in [6, 6.07) is 39.1. The van der Waals surface area contributed by atoms with Gasteiger partial charge in [-0.2, -0.15) is 0 Å². The van der Waals surface area contributed by atoms with Gasteiger partial charge in [-0.1, -0.05) is 71.4 Å². The van der Waals surface area contributed by atoms with Gasteiger partial charge in [-0.15, -0.1) is 53.2 Å². The van der Waals surface area contributed by atoms with Gasteiger partial charge in [-0.3, -0.25) is 0 Å². The third-order valence-electron chi connectivity index (χ3n) is 7.58. The summed E-state index contributed by atoms with van der Waals surface area (Å²) in [7, 11) is 0. The standard InChI is InChI=1S/C21H18N.C13H10N.2ClH.Hf/c1-2-8-16-14-17(13-15(16)7-1)22-20-11-5-3-9-18(20)19-10-4-6-12-21(19)22;1-2-6-12-11(5-1)7-8-13(12)14-9-3-4-10-14;;;/h1-3,5,7-9,11,13-14H,4,6,10,12H2;1-10H;2*1H;/q2*-1;;;+4/p-2. The first-order valence-corrected chi connectivity index (χ1v) is 12.9. The van der Waals surface area contributed by atoms with Crippen LogP contribution in [0.1, 0.15) is 24.1 Å². The van der Waals surface area contributed by atoms with E-state index < -0.39 is 0 Å². The molecule has 2 aromatic heterocycles. The van der Waals surface area contributed by atoms with Crippen LogP contribution < -0.4 is 24.8 Å². The first kappa shape index (κ1) is 29.1. The molecule has 8 rings (SSSR count). The molecule has 5 aromatic carbocycles. The fourth-order valence-corrected chi connectivity index (χ4v) is 5.91. The Morgan fingerprint density at radius 3 is 2.21 bits per heavy atom. The van der Waals surface area contributed by atoms with E-state index in [1.807, 2.05) is 12.1 Å². The van der Waals surface area contributed by atoms with E-state index in [-0.39, 0.29) is 50.7 Å². The van der Waals surface area contributed by atoms with Gasteiger partial charge in [0.2, 0.25) is 0 Å². The molecule has 39 heavy (non-hydrogen) atoms. The number of nitrogens with zero attached hydrogens (tertiary/aromatic N) is 2. The smallest absolute Gasteiger partial charge is 1.00 e. The molecule has 192 valence electrons. The molecule has 0 saturated heterocycles. The molecule has 2 heterocycles. The van der Waals surface area contributed by atoms with E-state index in [9.17, 15) is 0 Å². The van der Waals surface area contributed by atoms with Crippen molar-refractivity contribution in [1.82, 2.24) is 9.13 Å². The maximum absolute atomic E-state index is 2.50. The predicted octanol–water partition coefficient (Wildman–Crippen LogP) is 2.74. The summed E-state index contributed by atoms with van der Waals surface area (Å²) in [5, 5.41) is 6.72. The van der Waals surface area contributed by atoms with Crippen LogP contribution in [0.5, 0.6) is 0 Å². The minimum atomic E-state index is 0. The van der Waals surface area contributed by atoms with E-state index in [1.54, 1.807) is 5.56 Å². The predicted molar refractivity (Wildman–Crippen MR) is 152 cm³/mol. The van der Waals surface area contributed by atoms with Gasteiger partial charge in [0, 0.05) is 11.1 Å². The summed E-state index contributed by atoms with van der Waals surface area (Å²) in [6.07, 6.45) is 9.20. The molecule has 0 N–H and O–H groups in total. The number of hydrogen-bond donors (Lipinski definition) is 0. The van der Waals surface area contributed by atoms with E-state index in [4.69, 9.17) is 0 Å². The van der Waals surface area contributed by atoms with Crippen molar-refractivity contribution in [2.75, 3.05) is 0 Å². The van der Waals surface area contributed by atoms with Gasteiger partial charge in [0.1, 0.15) is 0 Å². The Hall–Kier alpha value is -2.85. The number of fused-ring (bicyclic) bond motifs is 5. The van der Waals surface area contributed by atoms with Crippen molar-refractivity contribution >= 4 is 32.4 Å².